The monoisotopic (exact) mass is 215 g/mol. The second kappa shape index (κ2) is 5.58. The molecule has 0 amide bonds. The average molecular weight is 215 g/mol. The van der Waals surface area contributed by atoms with E-state index in [0.717, 1.165) is 38.3 Å². The van der Waals surface area contributed by atoms with Crippen molar-refractivity contribution in [3.8, 4) is 18.1 Å². The molecule has 0 spiro atoms. The van der Waals surface area contributed by atoms with Gasteiger partial charge in [-0.1, -0.05) is 18.2 Å². The van der Waals surface area contributed by atoms with Gasteiger partial charge >= 0.3 is 0 Å². The highest BCUT2D eigenvalue weighted by molar-refractivity contribution is 5.37. The molecule has 0 aliphatic carbocycles. The van der Waals surface area contributed by atoms with Gasteiger partial charge in [-0.25, -0.2) is 0 Å². The predicted molar refractivity (Wildman–Crippen MR) is 65.6 cm³/mol. The van der Waals surface area contributed by atoms with Crippen LogP contribution in [0.15, 0.2) is 24.3 Å². The Bertz CT molecular complexity index is 381. The highest BCUT2D eigenvalue weighted by atomic mass is 16.5. The number of benzene rings is 1. The summed E-state index contributed by atoms with van der Waals surface area (Å²) in [6.45, 7) is 2.70. The maximum absolute atomic E-state index is 5.62. The smallest absolute Gasteiger partial charge is 0.122 e. The first-order valence-corrected chi connectivity index (χ1v) is 5.77. The van der Waals surface area contributed by atoms with Crippen molar-refractivity contribution in [2.24, 2.45) is 0 Å². The summed E-state index contributed by atoms with van der Waals surface area (Å²) in [4.78, 5) is 0. The number of ether oxygens (including phenoxy) is 1. The molecule has 1 heterocycles. The molecule has 0 saturated heterocycles. The average Bonchev–Trinajstić information content (AvgIpc) is 2.35. The molecule has 1 atom stereocenters. The van der Waals surface area contributed by atoms with Crippen molar-refractivity contribution in [1.82, 2.24) is 5.32 Å². The maximum Gasteiger partial charge on any atom is 0.122 e. The van der Waals surface area contributed by atoms with E-state index in [2.05, 4.69) is 23.4 Å². The van der Waals surface area contributed by atoms with Crippen molar-refractivity contribution in [2.75, 3.05) is 19.7 Å². The van der Waals surface area contributed by atoms with E-state index in [1.54, 1.807) is 0 Å². The molecule has 2 heteroatoms. The fraction of sp³-hybridized carbons (Fsp3) is 0.429. The van der Waals surface area contributed by atoms with Crippen LogP contribution in [0.2, 0.25) is 0 Å². The lowest BCUT2D eigenvalue weighted by molar-refractivity contribution is 0.265. The first-order chi connectivity index (χ1) is 7.92. The summed E-state index contributed by atoms with van der Waals surface area (Å²) in [5, 5.41) is 3.40. The number of hydrogen-bond acceptors (Lipinski definition) is 2. The molecule has 1 aliphatic rings. The molecule has 1 aromatic rings. The predicted octanol–water partition coefficient (Wildman–Crippen LogP) is 2.17. The fourth-order valence-corrected chi connectivity index (χ4v) is 2.06. The minimum atomic E-state index is 0.558. The highest BCUT2D eigenvalue weighted by Crippen LogP contribution is 2.32. The van der Waals surface area contributed by atoms with Crippen molar-refractivity contribution in [1.29, 1.82) is 0 Å². The van der Waals surface area contributed by atoms with Crippen LogP contribution in [0, 0.1) is 12.3 Å². The topological polar surface area (TPSA) is 21.3 Å². The first-order valence-electron chi connectivity index (χ1n) is 5.77. The van der Waals surface area contributed by atoms with Crippen LogP contribution in [0.3, 0.4) is 0 Å². The van der Waals surface area contributed by atoms with Gasteiger partial charge in [-0.15, -0.1) is 12.3 Å². The second-order valence-electron chi connectivity index (χ2n) is 4.03. The summed E-state index contributed by atoms with van der Waals surface area (Å²) in [5.41, 5.74) is 1.32. The Hall–Kier alpha value is -1.46. The van der Waals surface area contributed by atoms with Crippen LogP contribution >= 0.6 is 0 Å². The molecule has 1 aromatic carbocycles. The SMILES string of the molecule is C#CCCNCC1CCOc2ccccc21. The van der Waals surface area contributed by atoms with E-state index in [4.69, 9.17) is 11.2 Å². The molecule has 2 rings (SSSR count). The maximum atomic E-state index is 5.62. The van der Waals surface area contributed by atoms with Gasteiger partial charge in [-0.05, 0) is 18.1 Å². The number of para-hydroxylation sites is 1. The third-order valence-electron chi connectivity index (χ3n) is 2.92. The zero-order valence-electron chi connectivity index (χ0n) is 9.41. The Morgan fingerprint density at radius 3 is 3.19 bits per heavy atom. The lowest BCUT2D eigenvalue weighted by atomic mass is 9.93. The van der Waals surface area contributed by atoms with Crippen molar-refractivity contribution < 1.29 is 4.74 Å². The van der Waals surface area contributed by atoms with E-state index in [0.29, 0.717) is 5.92 Å². The highest BCUT2D eigenvalue weighted by Gasteiger charge is 2.20. The Morgan fingerprint density at radius 1 is 1.44 bits per heavy atom. The van der Waals surface area contributed by atoms with Crippen LogP contribution in [-0.2, 0) is 0 Å². The molecule has 0 radical (unpaired) electrons. The number of hydrogen-bond donors (Lipinski definition) is 1. The molecule has 84 valence electrons. The number of terminal acetylenes is 1. The third-order valence-corrected chi connectivity index (χ3v) is 2.92. The van der Waals surface area contributed by atoms with Gasteiger partial charge in [0.25, 0.3) is 0 Å². The minimum absolute atomic E-state index is 0.558. The van der Waals surface area contributed by atoms with Crippen molar-refractivity contribution in [3.05, 3.63) is 29.8 Å². The Balaban J connectivity index is 1.94. The Kier molecular flexibility index (Phi) is 3.85. The van der Waals surface area contributed by atoms with E-state index >= 15 is 0 Å². The number of nitrogens with one attached hydrogen (secondary N) is 1. The summed E-state index contributed by atoms with van der Waals surface area (Å²) < 4.78 is 5.62. The molecule has 0 saturated carbocycles. The lowest BCUT2D eigenvalue weighted by Crippen LogP contribution is -2.26. The molecule has 0 bridgehead atoms. The first kappa shape index (κ1) is 11.0. The van der Waals surface area contributed by atoms with E-state index in [9.17, 15) is 0 Å². The van der Waals surface area contributed by atoms with E-state index in [1.165, 1.54) is 5.56 Å². The van der Waals surface area contributed by atoms with Crippen LogP contribution < -0.4 is 10.1 Å². The number of fused-ring (bicyclic) bond motifs is 1. The molecular weight excluding hydrogens is 198 g/mol. The normalized spacial score (nSPS) is 18.3. The van der Waals surface area contributed by atoms with Gasteiger partial charge in [-0.3, -0.25) is 0 Å². The van der Waals surface area contributed by atoms with Gasteiger partial charge in [0, 0.05) is 25.4 Å². The second-order valence-corrected chi connectivity index (χ2v) is 4.03. The van der Waals surface area contributed by atoms with Gasteiger partial charge in [0.15, 0.2) is 0 Å². The number of rotatable bonds is 4. The lowest BCUT2D eigenvalue weighted by Gasteiger charge is -2.25. The summed E-state index contributed by atoms with van der Waals surface area (Å²) in [7, 11) is 0. The molecule has 0 fully saturated rings. The zero-order chi connectivity index (χ0) is 11.2. The quantitative estimate of drug-likeness (QED) is 0.614. The van der Waals surface area contributed by atoms with Crippen LogP contribution in [-0.4, -0.2) is 19.7 Å². The Morgan fingerprint density at radius 2 is 2.31 bits per heavy atom. The molecule has 1 N–H and O–H groups in total. The van der Waals surface area contributed by atoms with Crippen LogP contribution in [0.4, 0.5) is 0 Å². The zero-order valence-corrected chi connectivity index (χ0v) is 9.41. The van der Waals surface area contributed by atoms with Crippen molar-refractivity contribution >= 4 is 0 Å². The van der Waals surface area contributed by atoms with Crippen LogP contribution in [0.5, 0.6) is 5.75 Å². The van der Waals surface area contributed by atoms with E-state index in [-0.39, 0.29) is 0 Å². The molecular formula is C14H17NO. The van der Waals surface area contributed by atoms with Gasteiger partial charge in [0.05, 0.1) is 6.61 Å². The van der Waals surface area contributed by atoms with Crippen LogP contribution in [0.1, 0.15) is 24.3 Å². The molecule has 1 aliphatic heterocycles. The molecule has 2 nitrogen and oxygen atoms in total. The fourth-order valence-electron chi connectivity index (χ4n) is 2.06. The molecule has 16 heavy (non-hydrogen) atoms. The summed E-state index contributed by atoms with van der Waals surface area (Å²) in [5.74, 6) is 4.23. The van der Waals surface area contributed by atoms with Gasteiger partial charge in [-0.2, -0.15) is 0 Å². The van der Waals surface area contributed by atoms with Crippen molar-refractivity contribution in [3.63, 3.8) is 0 Å². The molecule has 0 aromatic heterocycles. The summed E-state index contributed by atoms with van der Waals surface area (Å²) in [6, 6.07) is 8.29. The van der Waals surface area contributed by atoms with Crippen molar-refractivity contribution in [2.45, 2.75) is 18.8 Å². The minimum Gasteiger partial charge on any atom is -0.493 e. The van der Waals surface area contributed by atoms with Gasteiger partial charge in [0.2, 0.25) is 0 Å². The largest absolute Gasteiger partial charge is 0.493 e. The third kappa shape index (κ3) is 2.56. The van der Waals surface area contributed by atoms with Crippen LogP contribution in [0.25, 0.3) is 0 Å². The van der Waals surface area contributed by atoms with E-state index in [1.807, 2.05) is 12.1 Å². The van der Waals surface area contributed by atoms with Gasteiger partial charge in [0.1, 0.15) is 5.75 Å². The Labute approximate surface area is 97.0 Å². The standard InChI is InChI=1S/C14H17NO/c1-2-3-9-15-11-12-8-10-16-14-7-5-4-6-13(12)14/h1,4-7,12,15H,3,8-11H2. The summed E-state index contributed by atoms with van der Waals surface area (Å²) >= 11 is 0. The molecule has 1 unspecified atom stereocenters. The van der Waals surface area contributed by atoms with E-state index < -0.39 is 0 Å². The summed E-state index contributed by atoms with van der Waals surface area (Å²) in [6.07, 6.45) is 7.09. The van der Waals surface area contributed by atoms with Gasteiger partial charge < -0.3 is 10.1 Å².